The summed E-state index contributed by atoms with van der Waals surface area (Å²) in [6.45, 7) is 4.16. The predicted molar refractivity (Wildman–Crippen MR) is 105 cm³/mol. The highest BCUT2D eigenvalue weighted by atomic mass is 16.5. The van der Waals surface area contributed by atoms with Crippen molar-refractivity contribution in [3.8, 4) is 5.88 Å². The highest BCUT2D eigenvalue weighted by Crippen LogP contribution is 2.30. The van der Waals surface area contributed by atoms with Gasteiger partial charge in [0.25, 0.3) is 5.91 Å². The molecule has 2 aliphatic rings. The van der Waals surface area contributed by atoms with Crippen LogP contribution in [0.2, 0.25) is 0 Å². The predicted octanol–water partition coefficient (Wildman–Crippen LogP) is 1.76. The van der Waals surface area contributed by atoms with Gasteiger partial charge in [0, 0.05) is 24.3 Å². The van der Waals surface area contributed by atoms with Crippen molar-refractivity contribution in [2.75, 3.05) is 17.4 Å². The first kappa shape index (κ1) is 18.5. The lowest BCUT2D eigenvalue weighted by Crippen LogP contribution is -2.43. The van der Waals surface area contributed by atoms with Gasteiger partial charge in [-0.05, 0) is 26.7 Å². The molecule has 150 valence electrons. The van der Waals surface area contributed by atoms with E-state index in [0.717, 1.165) is 31.4 Å². The number of nitrogens with one attached hydrogen (secondary N) is 3. The van der Waals surface area contributed by atoms with Crippen LogP contribution in [0.4, 0.5) is 17.5 Å². The summed E-state index contributed by atoms with van der Waals surface area (Å²) in [5.74, 6) is 0.747. The van der Waals surface area contributed by atoms with Crippen LogP contribution in [0.15, 0.2) is 12.4 Å². The van der Waals surface area contributed by atoms with Gasteiger partial charge in [-0.2, -0.15) is 15.1 Å². The smallest absolute Gasteiger partial charge is 0.263 e. The van der Waals surface area contributed by atoms with Crippen molar-refractivity contribution in [1.82, 2.24) is 25.1 Å². The topological polar surface area (TPSA) is 132 Å². The van der Waals surface area contributed by atoms with E-state index in [0.29, 0.717) is 11.8 Å². The summed E-state index contributed by atoms with van der Waals surface area (Å²) in [5.41, 5.74) is 7.25. The fourth-order valence-corrected chi connectivity index (χ4v) is 3.49. The highest BCUT2D eigenvalue weighted by molar-refractivity contribution is 6.02. The molecule has 0 bridgehead atoms. The number of aromatic nitrogens is 4. The van der Waals surface area contributed by atoms with Gasteiger partial charge >= 0.3 is 0 Å². The molecule has 1 fully saturated rings. The van der Waals surface area contributed by atoms with Gasteiger partial charge in [-0.15, -0.1) is 0 Å². The third kappa shape index (κ3) is 3.72. The molecule has 10 nitrogen and oxygen atoms in total. The van der Waals surface area contributed by atoms with Crippen LogP contribution >= 0.6 is 0 Å². The lowest BCUT2D eigenvalue weighted by Gasteiger charge is -2.29. The Hall–Kier alpha value is -2.88. The number of hydrogen-bond donors (Lipinski definition) is 4. The minimum absolute atomic E-state index is 0.0540. The van der Waals surface area contributed by atoms with E-state index in [4.69, 9.17) is 10.5 Å². The number of rotatable bonds is 5. The number of nitrogens with zero attached hydrogens (tertiary/aromatic N) is 4. The van der Waals surface area contributed by atoms with E-state index < -0.39 is 0 Å². The van der Waals surface area contributed by atoms with Gasteiger partial charge in [0.1, 0.15) is 5.56 Å². The first-order valence-electron chi connectivity index (χ1n) is 9.67. The first-order chi connectivity index (χ1) is 13.5. The quantitative estimate of drug-likeness (QED) is 0.611. The number of anilines is 3. The van der Waals surface area contributed by atoms with Crippen LogP contribution in [0.3, 0.4) is 0 Å². The van der Waals surface area contributed by atoms with Crippen LogP contribution in [0.25, 0.3) is 0 Å². The summed E-state index contributed by atoms with van der Waals surface area (Å²) >= 11 is 0. The molecule has 4 rings (SSSR count). The molecule has 0 radical (unpaired) electrons. The van der Waals surface area contributed by atoms with Gasteiger partial charge < -0.3 is 26.4 Å². The van der Waals surface area contributed by atoms with Crippen LogP contribution in [0.1, 0.15) is 55.9 Å². The first-order valence-corrected chi connectivity index (χ1v) is 9.67. The normalized spacial score (nSPS) is 21.6. The van der Waals surface area contributed by atoms with E-state index in [1.807, 2.05) is 24.7 Å². The molecule has 10 heteroatoms. The molecule has 0 spiro atoms. The van der Waals surface area contributed by atoms with E-state index in [-0.39, 0.29) is 42.2 Å². The molecule has 28 heavy (non-hydrogen) atoms. The fraction of sp³-hybridized carbons (Fsp3) is 0.556. The van der Waals surface area contributed by atoms with Crippen LogP contribution in [-0.2, 0) is 0 Å². The van der Waals surface area contributed by atoms with E-state index in [9.17, 15) is 4.79 Å². The van der Waals surface area contributed by atoms with Crippen molar-refractivity contribution < 1.29 is 9.53 Å². The zero-order valence-corrected chi connectivity index (χ0v) is 16.1. The van der Waals surface area contributed by atoms with Gasteiger partial charge in [0.2, 0.25) is 11.8 Å². The van der Waals surface area contributed by atoms with Crippen molar-refractivity contribution >= 4 is 23.4 Å². The summed E-state index contributed by atoms with van der Waals surface area (Å²) in [6.07, 6.45) is 7.76. The SMILES string of the molecule is CC(C)n1cc(Nc2nc(NC3CCCCC3N)nc3c2C(=O)NCO3)cn1. The third-order valence-electron chi connectivity index (χ3n) is 5.07. The molecule has 2 atom stereocenters. The number of amides is 1. The van der Waals surface area contributed by atoms with E-state index in [1.165, 1.54) is 0 Å². The van der Waals surface area contributed by atoms with Crippen LogP contribution in [0.5, 0.6) is 5.88 Å². The Labute approximate surface area is 163 Å². The number of fused-ring (bicyclic) bond motifs is 1. The Bertz CT molecular complexity index is 865. The van der Waals surface area contributed by atoms with Gasteiger partial charge in [0.15, 0.2) is 12.5 Å². The van der Waals surface area contributed by atoms with E-state index >= 15 is 0 Å². The Morgan fingerprint density at radius 1 is 1.32 bits per heavy atom. The second-order valence-corrected chi connectivity index (χ2v) is 7.50. The molecular formula is C18H26N8O2. The molecule has 2 aromatic rings. The molecule has 5 N–H and O–H groups in total. The molecule has 0 aromatic carbocycles. The van der Waals surface area contributed by atoms with E-state index in [2.05, 4.69) is 31.0 Å². The van der Waals surface area contributed by atoms with Crippen LogP contribution in [0, 0.1) is 0 Å². The number of nitrogens with two attached hydrogens (primary N) is 1. The molecule has 2 unspecified atom stereocenters. The molecule has 2 aromatic heterocycles. The summed E-state index contributed by atoms with van der Waals surface area (Å²) in [4.78, 5) is 21.3. The minimum atomic E-state index is -0.277. The monoisotopic (exact) mass is 386 g/mol. The van der Waals surface area contributed by atoms with Crippen LogP contribution < -0.4 is 26.4 Å². The zero-order chi connectivity index (χ0) is 19.7. The molecule has 1 aliphatic heterocycles. The second-order valence-electron chi connectivity index (χ2n) is 7.50. The largest absolute Gasteiger partial charge is 0.456 e. The van der Waals surface area contributed by atoms with Gasteiger partial charge in [-0.3, -0.25) is 9.48 Å². The Balaban J connectivity index is 1.65. The number of carbonyl (C=O) groups excluding carboxylic acids is 1. The van der Waals surface area contributed by atoms with Gasteiger partial charge in [-0.1, -0.05) is 12.8 Å². The highest BCUT2D eigenvalue weighted by Gasteiger charge is 2.28. The standard InChI is InChI=1S/C18H26N8O2/c1-10(2)26-8-11(7-21-26)22-15-14-16(27)20-9-28-17(14)25-18(24-15)23-13-6-4-3-5-12(13)19/h7-8,10,12-13H,3-6,9,19H2,1-2H3,(H,20,27)(H2,22,23,24,25). The molecule has 3 heterocycles. The average molecular weight is 386 g/mol. The van der Waals surface area contributed by atoms with Crippen molar-refractivity contribution in [2.24, 2.45) is 5.73 Å². The van der Waals surface area contributed by atoms with Crippen molar-refractivity contribution in [2.45, 2.75) is 57.7 Å². The Morgan fingerprint density at radius 3 is 2.89 bits per heavy atom. The molecular weight excluding hydrogens is 360 g/mol. The number of hydrogen-bond acceptors (Lipinski definition) is 8. The molecule has 1 aliphatic carbocycles. The van der Waals surface area contributed by atoms with Crippen molar-refractivity contribution in [3.05, 3.63) is 18.0 Å². The summed E-state index contributed by atoms with van der Waals surface area (Å²) in [5, 5.41) is 13.5. The minimum Gasteiger partial charge on any atom is -0.456 e. The molecule has 1 amide bonds. The number of ether oxygens (including phenoxy) is 1. The van der Waals surface area contributed by atoms with Gasteiger partial charge in [-0.25, -0.2) is 0 Å². The summed E-state index contributed by atoms with van der Waals surface area (Å²) < 4.78 is 7.38. The van der Waals surface area contributed by atoms with Crippen molar-refractivity contribution in [1.29, 1.82) is 0 Å². The average Bonchev–Trinajstić information content (AvgIpc) is 3.12. The lowest BCUT2D eigenvalue weighted by molar-refractivity contribution is 0.0879. The Morgan fingerprint density at radius 2 is 2.14 bits per heavy atom. The van der Waals surface area contributed by atoms with Crippen LogP contribution in [-0.4, -0.2) is 44.5 Å². The molecule has 1 saturated carbocycles. The summed E-state index contributed by atoms with van der Waals surface area (Å²) in [7, 11) is 0. The maximum absolute atomic E-state index is 12.4. The molecule has 0 saturated heterocycles. The number of carbonyl (C=O) groups is 1. The summed E-state index contributed by atoms with van der Waals surface area (Å²) in [6, 6.07) is 0.380. The zero-order valence-electron chi connectivity index (χ0n) is 16.1. The second kappa shape index (κ2) is 7.63. The maximum Gasteiger partial charge on any atom is 0.263 e. The van der Waals surface area contributed by atoms with Gasteiger partial charge in [0.05, 0.1) is 11.9 Å². The lowest BCUT2D eigenvalue weighted by atomic mass is 9.91. The van der Waals surface area contributed by atoms with E-state index in [1.54, 1.807) is 6.20 Å². The fourth-order valence-electron chi connectivity index (χ4n) is 3.49. The van der Waals surface area contributed by atoms with Crippen molar-refractivity contribution in [3.63, 3.8) is 0 Å². The Kier molecular flexibility index (Phi) is 5.03. The maximum atomic E-state index is 12.4. The third-order valence-corrected chi connectivity index (χ3v) is 5.07.